The van der Waals surface area contributed by atoms with Crippen LogP contribution in [0.15, 0.2) is 24.3 Å². The van der Waals surface area contributed by atoms with Crippen LogP contribution in [0, 0.1) is 5.82 Å². The highest BCUT2D eigenvalue weighted by molar-refractivity contribution is 5.91. The second kappa shape index (κ2) is 6.26. The first-order valence-corrected chi connectivity index (χ1v) is 7.53. The van der Waals surface area contributed by atoms with Gasteiger partial charge in [-0.15, -0.1) is 0 Å². The van der Waals surface area contributed by atoms with Crippen molar-refractivity contribution >= 4 is 11.7 Å². The summed E-state index contributed by atoms with van der Waals surface area (Å²) >= 11 is 0. The predicted molar refractivity (Wildman–Crippen MR) is 78.9 cm³/mol. The topological polar surface area (TPSA) is 57.8 Å². The normalized spacial score (nSPS) is 15.2. The molecule has 4 nitrogen and oxygen atoms in total. The van der Waals surface area contributed by atoms with Gasteiger partial charge >= 0.3 is 6.18 Å². The molecule has 0 unspecified atom stereocenters. The third-order valence-electron chi connectivity index (χ3n) is 4.11. The number of aromatic amines is 1. The molecule has 0 bridgehead atoms. The highest BCUT2D eigenvalue weighted by atomic mass is 19.4. The van der Waals surface area contributed by atoms with E-state index in [0.29, 0.717) is 23.9 Å². The van der Waals surface area contributed by atoms with Gasteiger partial charge in [-0.3, -0.25) is 9.89 Å². The maximum absolute atomic E-state index is 13.2. The molecule has 0 aliphatic heterocycles. The van der Waals surface area contributed by atoms with Crippen LogP contribution >= 0.6 is 0 Å². The third kappa shape index (κ3) is 3.58. The largest absolute Gasteiger partial charge is 0.419 e. The summed E-state index contributed by atoms with van der Waals surface area (Å²) in [6.45, 7) is 0. The lowest BCUT2D eigenvalue weighted by molar-refractivity contribution is -0.140. The smallest absolute Gasteiger partial charge is 0.309 e. The molecule has 1 aliphatic rings. The van der Waals surface area contributed by atoms with Crippen LogP contribution in [0.25, 0.3) is 0 Å². The number of rotatable bonds is 4. The molecule has 0 atom stereocenters. The third-order valence-corrected chi connectivity index (χ3v) is 4.11. The standard InChI is InChI=1S/C16H15F4N3O/c17-12-5-4-9(6-11(12)16(18,19)20)7-15(24)21-14-8-13(22-23-14)10-2-1-3-10/h4-6,8,10H,1-3,7H2,(H2,21,22,23,24). The van der Waals surface area contributed by atoms with E-state index in [-0.39, 0.29) is 12.0 Å². The SMILES string of the molecule is O=C(Cc1ccc(F)c(C(F)(F)F)c1)Nc1cc(C2CCC2)[nH]n1. The molecule has 1 aromatic carbocycles. The van der Waals surface area contributed by atoms with Crippen LogP contribution in [0.5, 0.6) is 0 Å². The van der Waals surface area contributed by atoms with Gasteiger partial charge in [0.15, 0.2) is 5.82 Å². The number of nitrogens with zero attached hydrogens (tertiary/aromatic N) is 1. The molecule has 8 heteroatoms. The molecule has 0 saturated heterocycles. The number of nitrogens with one attached hydrogen (secondary N) is 2. The predicted octanol–water partition coefficient (Wildman–Crippen LogP) is 4.02. The Bertz CT molecular complexity index is 750. The van der Waals surface area contributed by atoms with Crippen LogP contribution in [-0.2, 0) is 17.4 Å². The Balaban J connectivity index is 1.65. The Hall–Kier alpha value is -2.38. The van der Waals surface area contributed by atoms with Crippen molar-refractivity contribution in [1.82, 2.24) is 10.2 Å². The number of carbonyl (C=O) groups excluding carboxylic acids is 1. The number of H-pyrrole nitrogens is 1. The molecular weight excluding hydrogens is 326 g/mol. The van der Waals surface area contributed by atoms with Crippen molar-refractivity contribution in [1.29, 1.82) is 0 Å². The van der Waals surface area contributed by atoms with E-state index in [1.165, 1.54) is 0 Å². The van der Waals surface area contributed by atoms with Crippen LogP contribution in [0.2, 0.25) is 0 Å². The zero-order valence-electron chi connectivity index (χ0n) is 12.6. The fourth-order valence-corrected chi connectivity index (χ4v) is 2.60. The minimum atomic E-state index is -4.80. The van der Waals surface area contributed by atoms with Crippen LogP contribution in [0.1, 0.15) is 42.0 Å². The number of aromatic nitrogens is 2. The average Bonchev–Trinajstić information content (AvgIpc) is 2.85. The minimum Gasteiger partial charge on any atom is -0.309 e. The van der Waals surface area contributed by atoms with Gasteiger partial charge in [0, 0.05) is 17.7 Å². The fourth-order valence-electron chi connectivity index (χ4n) is 2.60. The second-order valence-electron chi connectivity index (χ2n) is 5.87. The summed E-state index contributed by atoms with van der Waals surface area (Å²) in [6, 6.07) is 4.26. The summed E-state index contributed by atoms with van der Waals surface area (Å²) in [5.41, 5.74) is -0.353. The maximum atomic E-state index is 13.2. The molecule has 2 N–H and O–H groups in total. The van der Waals surface area contributed by atoms with Crippen molar-refractivity contribution in [3.05, 3.63) is 46.9 Å². The number of hydrogen-bond donors (Lipinski definition) is 2. The van der Waals surface area contributed by atoms with Crippen molar-refractivity contribution in [3.8, 4) is 0 Å². The molecule has 1 aromatic heterocycles. The van der Waals surface area contributed by atoms with Gasteiger partial charge in [-0.05, 0) is 30.5 Å². The fraction of sp³-hybridized carbons (Fsp3) is 0.375. The van der Waals surface area contributed by atoms with Crippen LogP contribution < -0.4 is 5.32 Å². The summed E-state index contributed by atoms with van der Waals surface area (Å²) in [4.78, 5) is 12.0. The Morgan fingerprint density at radius 3 is 2.67 bits per heavy atom. The summed E-state index contributed by atoms with van der Waals surface area (Å²) in [6.07, 6.45) is -1.78. The summed E-state index contributed by atoms with van der Waals surface area (Å²) < 4.78 is 51.3. The van der Waals surface area contributed by atoms with Gasteiger partial charge in [0.2, 0.25) is 5.91 Å². The first-order valence-electron chi connectivity index (χ1n) is 7.53. The van der Waals surface area contributed by atoms with Crippen LogP contribution in [-0.4, -0.2) is 16.1 Å². The average molecular weight is 341 g/mol. The number of carbonyl (C=O) groups is 1. The Morgan fingerprint density at radius 1 is 1.29 bits per heavy atom. The number of halogens is 4. The zero-order chi connectivity index (χ0) is 17.3. The van der Waals surface area contributed by atoms with Crippen molar-refractivity contribution in [2.45, 2.75) is 37.8 Å². The van der Waals surface area contributed by atoms with Gasteiger partial charge < -0.3 is 5.32 Å². The van der Waals surface area contributed by atoms with Crippen LogP contribution in [0.4, 0.5) is 23.4 Å². The lowest BCUT2D eigenvalue weighted by atomic mass is 9.83. The Labute approximate surface area is 135 Å². The van der Waals surface area contributed by atoms with Gasteiger partial charge in [-0.25, -0.2) is 4.39 Å². The van der Waals surface area contributed by atoms with E-state index in [1.807, 2.05) is 0 Å². The first kappa shape index (κ1) is 16.5. The highest BCUT2D eigenvalue weighted by Crippen LogP contribution is 2.36. The van der Waals surface area contributed by atoms with Gasteiger partial charge in [0.1, 0.15) is 5.82 Å². The van der Waals surface area contributed by atoms with Crippen molar-refractivity contribution in [2.75, 3.05) is 5.32 Å². The summed E-state index contributed by atoms with van der Waals surface area (Å²) in [5.74, 6) is -1.11. The number of alkyl halides is 3. The monoisotopic (exact) mass is 341 g/mol. The van der Waals surface area contributed by atoms with Gasteiger partial charge in [-0.2, -0.15) is 18.3 Å². The van der Waals surface area contributed by atoms with E-state index in [9.17, 15) is 22.4 Å². The molecular formula is C16H15F4N3O. The van der Waals surface area contributed by atoms with Crippen molar-refractivity contribution in [2.24, 2.45) is 0 Å². The lowest BCUT2D eigenvalue weighted by Gasteiger charge is -2.23. The van der Waals surface area contributed by atoms with Gasteiger partial charge in [0.05, 0.1) is 12.0 Å². The van der Waals surface area contributed by atoms with Gasteiger partial charge in [0.25, 0.3) is 0 Å². The van der Waals surface area contributed by atoms with E-state index in [1.54, 1.807) is 6.07 Å². The highest BCUT2D eigenvalue weighted by Gasteiger charge is 2.34. The molecule has 2 aromatic rings. The molecule has 24 heavy (non-hydrogen) atoms. The van der Waals surface area contributed by atoms with E-state index in [2.05, 4.69) is 15.5 Å². The molecule has 1 fully saturated rings. The molecule has 0 radical (unpaired) electrons. The van der Waals surface area contributed by atoms with E-state index >= 15 is 0 Å². The van der Waals surface area contributed by atoms with Crippen LogP contribution in [0.3, 0.4) is 0 Å². The number of hydrogen-bond acceptors (Lipinski definition) is 2. The number of amides is 1. The Kier molecular flexibility index (Phi) is 4.29. The molecule has 1 heterocycles. The molecule has 1 amide bonds. The molecule has 3 rings (SSSR count). The Morgan fingerprint density at radius 2 is 2.04 bits per heavy atom. The van der Waals surface area contributed by atoms with E-state index in [4.69, 9.17) is 0 Å². The first-order chi connectivity index (χ1) is 11.3. The zero-order valence-corrected chi connectivity index (χ0v) is 12.6. The number of anilines is 1. The molecule has 1 aliphatic carbocycles. The number of benzene rings is 1. The summed E-state index contributed by atoms with van der Waals surface area (Å²) in [7, 11) is 0. The quantitative estimate of drug-likeness (QED) is 0.826. The maximum Gasteiger partial charge on any atom is 0.419 e. The lowest BCUT2D eigenvalue weighted by Crippen LogP contribution is -2.16. The minimum absolute atomic E-state index is 0.0796. The van der Waals surface area contributed by atoms with Gasteiger partial charge in [-0.1, -0.05) is 12.5 Å². The molecule has 1 saturated carbocycles. The van der Waals surface area contributed by atoms with E-state index < -0.39 is 23.5 Å². The summed E-state index contributed by atoms with van der Waals surface area (Å²) in [5, 5.41) is 9.36. The molecule has 128 valence electrons. The van der Waals surface area contributed by atoms with Crippen molar-refractivity contribution in [3.63, 3.8) is 0 Å². The van der Waals surface area contributed by atoms with E-state index in [0.717, 1.165) is 31.0 Å². The van der Waals surface area contributed by atoms with Crippen molar-refractivity contribution < 1.29 is 22.4 Å². The second-order valence-corrected chi connectivity index (χ2v) is 5.87. The molecule has 0 spiro atoms.